The molecule has 1 aliphatic rings. The summed E-state index contributed by atoms with van der Waals surface area (Å²) in [7, 11) is 0. The molecule has 22 heavy (non-hydrogen) atoms. The van der Waals surface area contributed by atoms with Gasteiger partial charge in [0.25, 0.3) is 5.91 Å². The highest BCUT2D eigenvalue weighted by Crippen LogP contribution is 2.18. The van der Waals surface area contributed by atoms with E-state index in [0.717, 1.165) is 25.9 Å². The summed E-state index contributed by atoms with van der Waals surface area (Å²) < 4.78 is 0. The second-order valence-electron chi connectivity index (χ2n) is 5.08. The molecule has 1 aromatic heterocycles. The maximum Gasteiger partial charge on any atom is 0.256 e. The summed E-state index contributed by atoms with van der Waals surface area (Å²) in [6.45, 7) is 1.60. The van der Waals surface area contributed by atoms with Crippen molar-refractivity contribution in [3.05, 3.63) is 47.8 Å². The lowest BCUT2D eigenvalue weighted by molar-refractivity contribution is 0.0792. The Labute approximate surface area is 128 Å². The van der Waals surface area contributed by atoms with Crippen molar-refractivity contribution < 1.29 is 4.79 Å². The van der Waals surface area contributed by atoms with Crippen molar-refractivity contribution in [3.63, 3.8) is 0 Å². The molecular formula is C16H15N5O. The minimum atomic E-state index is -0.0264. The minimum Gasteiger partial charge on any atom is -0.339 e. The van der Waals surface area contributed by atoms with Gasteiger partial charge in [-0.15, -0.1) is 0 Å². The quantitative estimate of drug-likeness (QED) is 0.939. The largest absolute Gasteiger partial charge is 0.339 e. The first kappa shape index (κ1) is 14.0. The Balaban J connectivity index is 1.74. The van der Waals surface area contributed by atoms with Crippen molar-refractivity contribution in [2.24, 2.45) is 0 Å². The third kappa shape index (κ3) is 2.88. The lowest BCUT2D eigenvalue weighted by Gasteiger charge is -2.14. The monoisotopic (exact) mass is 293 g/mol. The normalized spacial score (nSPS) is 13.7. The van der Waals surface area contributed by atoms with Crippen LogP contribution in [0.25, 0.3) is 0 Å². The van der Waals surface area contributed by atoms with Gasteiger partial charge in [0.1, 0.15) is 6.07 Å². The Bertz CT molecular complexity index is 714. The smallest absolute Gasteiger partial charge is 0.256 e. The molecule has 1 amide bonds. The molecule has 3 rings (SSSR count). The Morgan fingerprint density at radius 1 is 1.18 bits per heavy atom. The molecule has 0 aliphatic carbocycles. The summed E-state index contributed by atoms with van der Waals surface area (Å²) in [6.07, 6.45) is 5.14. The van der Waals surface area contributed by atoms with Crippen LogP contribution in [-0.4, -0.2) is 33.9 Å². The predicted molar refractivity (Wildman–Crippen MR) is 81.6 cm³/mol. The average Bonchev–Trinajstić information content (AvgIpc) is 3.10. The topological polar surface area (TPSA) is 81.9 Å². The van der Waals surface area contributed by atoms with Crippen LogP contribution in [0.15, 0.2) is 36.7 Å². The minimum absolute atomic E-state index is 0.0264. The van der Waals surface area contributed by atoms with Gasteiger partial charge in [-0.25, -0.2) is 9.97 Å². The highest BCUT2D eigenvalue weighted by atomic mass is 16.2. The highest BCUT2D eigenvalue weighted by Gasteiger charge is 2.20. The van der Waals surface area contributed by atoms with Gasteiger partial charge in [0.05, 0.1) is 16.8 Å². The molecule has 0 unspecified atom stereocenters. The van der Waals surface area contributed by atoms with Gasteiger partial charge in [-0.1, -0.05) is 12.1 Å². The number of amides is 1. The molecule has 0 radical (unpaired) electrons. The van der Waals surface area contributed by atoms with E-state index in [9.17, 15) is 4.79 Å². The van der Waals surface area contributed by atoms with Gasteiger partial charge in [-0.2, -0.15) is 5.26 Å². The molecule has 1 N–H and O–H groups in total. The van der Waals surface area contributed by atoms with Crippen molar-refractivity contribution in [3.8, 4) is 6.07 Å². The zero-order valence-corrected chi connectivity index (χ0v) is 12.0. The number of hydrogen-bond acceptors (Lipinski definition) is 5. The molecule has 6 heteroatoms. The first-order valence-electron chi connectivity index (χ1n) is 7.15. The molecule has 0 spiro atoms. The molecule has 1 aliphatic heterocycles. The van der Waals surface area contributed by atoms with Crippen LogP contribution < -0.4 is 5.32 Å². The van der Waals surface area contributed by atoms with Crippen molar-refractivity contribution in [1.29, 1.82) is 5.26 Å². The van der Waals surface area contributed by atoms with Crippen molar-refractivity contribution >= 4 is 17.5 Å². The zero-order valence-electron chi connectivity index (χ0n) is 12.0. The fourth-order valence-corrected chi connectivity index (χ4v) is 2.42. The Morgan fingerprint density at radius 2 is 1.86 bits per heavy atom. The van der Waals surface area contributed by atoms with Gasteiger partial charge in [-0.3, -0.25) is 4.79 Å². The maximum absolute atomic E-state index is 12.2. The summed E-state index contributed by atoms with van der Waals surface area (Å²) in [5, 5.41) is 12.0. The Morgan fingerprint density at radius 3 is 2.55 bits per heavy atom. The SMILES string of the molecule is N#Cc1ccccc1Nc1ncc(C(=O)N2CCCC2)cn1. The van der Waals surface area contributed by atoms with E-state index in [1.807, 2.05) is 11.0 Å². The standard InChI is InChI=1S/C16H15N5O/c17-9-12-5-1-2-6-14(12)20-16-18-10-13(11-19-16)15(22)21-7-3-4-8-21/h1-2,5-6,10-11H,3-4,7-8H2,(H,18,19,20). The van der Waals surface area contributed by atoms with Gasteiger partial charge in [0, 0.05) is 25.5 Å². The van der Waals surface area contributed by atoms with Gasteiger partial charge in [0.2, 0.25) is 5.95 Å². The molecule has 0 bridgehead atoms. The zero-order chi connectivity index (χ0) is 15.4. The number of benzene rings is 1. The average molecular weight is 293 g/mol. The van der Waals surface area contributed by atoms with Gasteiger partial charge < -0.3 is 10.2 Å². The second-order valence-corrected chi connectivity index (χ2v) is 5.08. The van der Waals surface area contributed by atoms with Crippen LogP contribution in [0, 0.1) is 11.3 Å². The predicted octanol–water partition coefficient (Wildman–Crippen LogP) is 2.33. The van der Waals surface area contributed by atoms with Gasteiger partial charge in [-0.05, 0) is 25.0 Å². The summed E-state index contributed by atoms with van der Waals surface area (Å²) in [4.78, 5) is 22.3. The van der Waals surface area contributed by atoms with E-state index in [0.29, 0.717) is 22.8 Å². The fourth-order valence-electron chi connectivity index (χ4n) is 2.42. The first-order valence-corrected chi connectivity index (χ1v) is 7.15. The van der Waals surface area contributed by atoms with E-state index < -0.39 is 0 Å². The lowest BCUT2D eigenvalue weighted by atomic mass is 10.2. The molecule has 0 saturated carbocycles. The lowest BCUT2D eigenvalue weighted by Crippen LogP contribution is -2.27. The van der Waals surface area contributed by atoms with E-state index in [1.54, 1.807) is 18.2 Å². The molecule has 2 aromatic rings. The van der Waals surface area contributed by atoms with Crippen molar-refractivity contribution in [1.82, 2.24) is 14.9 Å². The van der Waals surface area contributed by atoms with Gasteiger partial charge in [0.15, 0.2) is 0 Å². The number of carbonyl (C=O) groups excluding carboxylic acids is 1. The van der Waals surface area contributed by atoms with E-state index >= 15 is 0 Å². The summed E-state index contributed by atoms with van der Waals surface area (Å²) in [5.74, 6) is 0.335. The molecule has 1 saturated heterocycles. The van der Waals surface area contributed by atoms with Crippen molar-refractivity contribution in [2.75, 3.05) is 18.4 Å². The number of aromatic nitrogens is 2. The Kier molecular flexibility index (Phi) is 3.97. The van der Waals surface area contributed by atoms with Crippen LogP contribution in [-0.2, 0) is 0 Å². The Hall–Kier alpha value is -2.94. The van der Waals surface area contributed by atoms with E-state index in [1.165, 1.54) is 12.4 Å². The number of rotatable bonds is 3. The number of hydrogen-bond donors (Lipinski definition) is 1. The van der Waals surface area contributed by atoms with E-state index in [4.69, 9.17) is 5.26 Å². The maximum atomic E-state index is 12.2. The number of nitriles is 1. The van der Waals surface area contributed by atoms with Crippen LogP contribution >= 0.6 is 0 Å². The molecule has 2 heterocycles. The molecule has 110 valence electrons. The van der Waals surface area contributed by atoms with E-state index in [2.05, 4.69) is 21.4 Å². The summed E-state index contributed by atoms with van der Waals surface area (Å²) in [5.41, 5.74) is 1.65. The fraction of sp³-hybridized carbons (Fsp3) is 0.250. The molecule has 6 nitrogen and oxygen atoms in total. The summed E-state index contributed by atoms with van der Waals surface area (Å²) >= 11 is 0. The van der Waals surface area contributed by atoms with Crippen LogP contribution in [0.5, 0.6) is 0 Å². The van der Waals surface area contributed by atoms with Crippen LogP contribution in [0.2, 0.25) is 0 Å². The number of nitrogens with zero attached hydrogens (tertiary/aromatic N) is 4. The summed E-state index contributed by atoms with van der Waals surface area (Å²) in [6, 6.07) is 9.22. The highest BCUT2D eigenvalue weighted by molar-refractivity contribution is 5.93. The molecular weight excluding hydrogens is 278 g/mol. The molecule has 1 fully saturated rings. The van der Waals surface area contributed by atoms with Crippen LogP contribution in [0.3, 0.4) is 0 Å². The first-order chi connectivity index (χ1) is 10.8. The molecule has 1 aromatic carbocycles. The number of nitrogens with one attached hydrogen (secondary N) is 1. The van der Waals surface area contributed by atoms with Crippen LogP contribution in [0.1, 0.15) is 28.8 Å². The second kappa shape index (κ2) is 6.22. The number of para-hydroxylation sites is 1. The van der Waals surface area contributed by atoms with Crippen molar-refractivity contribution in [2.45, 2.75) is 12.8 Å². The van der Waals surface area contributed by atoms with E-state index in [-0.39, 0.29) is 5.91 Å². The van der Waals surface area contributed by atoms with Gasteiger partial charge >= 0.3 is 0 Å². The third-order valence-corrected chi connectivity index (χ3v) is 3.59. The third-order valence-electron chi connectivity index (χ3n) is 3.59. The van der Waals surface area contributed by atoms with Crippen LogP contribution in [0.4, 0.5) is 11.6 Å². The number of carbonyl (C=O) groups is 1. The number of likely N-dealkylation sites (tertiary alicyclic amines) is 1. The number of anilines is 2. The molecule has 0 atom stereocenters.